The third-order valence-electron chi connectivity index (χ3n) is 1.86. The number of carboxylic acids is 1. The average molecular weight is 222 g/mol. The van der Waals surface area contributed by atoms with E-state index >= 15 is 0 Å². The van der Waals surface area contributed by atoms with Crippen molar-refractivity contribution in [2.24, 2.45) is 0 Å². The first-order chi connectivity index (χ1) is 7.45. The molecule has 1 aromatic rings. The van der Waals surface area contributed by atoms with Gasteiger partial charge in [0.15, 0.2) is 5.75 Å². The van der Waals surface area contributed by atoms with Gasteiger partial charge in [-0.2, -0.15) is 5.26 Å². The first-order valence-electron chi connectivity index (χ1n) is 4.08. The Morgan fingerprint density at radius 1 is 1.56 bits per heavy atom. The first kappa shape index (κ1) is 11.5. The van der Waals surface area contributed by atoms with Crippen LogP contribution in [0.2, 0.25) is 0 Å². The van der Waals surface area contributed by atoms with Crippen molar-refractivity contribution in [1.82, 2.24) is 0 Å². The molecule has 82 valence electrons. The summed E-state index contributed by atoms with van der Waals surface area (Å²) in [6.45, 7) is 0. The van der Waals surface area contributed by atoms with Crippen molar-refractivity contribution in [1.29, 1.82) is 5.26 Å². The number of nitro groups is 1. The van der Waals surface area contributed by atoms with Gasteiger partial charge in [-0.15, -0.1) is 0 Å². The Morgan fingerprint density at radius 2 is 2.19 bits per heavy atom. The molecule has 0 atom stereocenters. The van der Waals surface area contributed by atoms with E-state index in [1.165, 1.54) is 0 Å². The molecule has 1 aromatic carbocycles. The largest absolute Gasteiger partial charge is 0.502 e. The van der Waals surface area contributed by atoms with Crippen LogP contribution in [-0.2, 0) is 11.2 Å². The van der Waals surface area contributed by atoms with E-state index in [1.54, 1.807) is 6.07 Å². The van der Waals surface area contributed by atoms with E-state index in [4.69, 9.17) is 10.4 Å². The van der Waals surface area contributed by atoms with E-state index in [1.807, 2.05) is 0 Å². The minimum absolute atomic E-state index is 0.000463. The third-order valence-corrected chi connectivity index (χ3v) is 1.86. The fraction of sp³-hybridized carbons (Fsp3) is 0.111. The van der Waals surface area contributed by atoms with Gasteiger partial charge in [0.1, 0.15) is 0 Å². The molecule has 0 heterocycles. The summed E-state index contributed by atoms with van der Waals surface area (Å²) in [6, 6.07) is 3.44. The lowest BCUT2D eigenvalue weighted by molar-refractivity contribution is -0.385. The molecule has 0 saturated heterocycles. The SMILES string of the molecule is N#Cc1cc(O)c([N+](=O)[O-])cc1CC(=O)O. The summed E-state index contributed by atoms with van der Waals surface area (Å²) in [5.41, 5.74) is -0.708. The van der Waals surface area contributed by atoms with Crippen LogP contribution in [0, 0.1) is 21.4 Å². The highest BCUT2D eigenvalue weighted by atomic mass is 16.6. The zero-order valence-corrected chi connectivity index (χ0v) is 7.88. The van der Waals surface area contributed by atoms with Crippen LogP contribution in [0.25, 0.3) is 0 Å². The van der Waals surface area contributed by atoms with E-state index in [9.17, 15) is 20.0 Å². The smallest absolute Gasteiger partial charge is 0.311 e. The van der Waals surface area contributed by atoms with E-state index in [0.717, 1.165) is 12.1 Å². The summed E-state index contributed by atoms with van der Waals surface area (Å²) in [4.78, 5) is 20.1. The predicted octanol–water partition coefficient (Wildman–Crippen LogP) is 0.799. The average Bonchev–Trinajstić information content (AvgIpc) is 2.18. The van der Waals surface area contributed by atoms with E-state index in [-0.39, 0.29) is 11.1 Å². The van der Waals surface area contributed by atoms with Crippen LogP contribution < -0.4 is 0 Å². The van der Waals surface area contributed by atoms with Crippen LogP contribution in [0.5, 0.6) is 5.75 Å². The molecular formula is C9H6N2O5. The zero-order chi connectivity index (χ0) is 12.3. The minimum Gasteiger partial charge on any atom is -0.502 e. The highest BCUT2D eigenvalue weighted by Gasteiger charge is 2.18. The van der Waals surface area contributed by atoms with Gasteiger partial charge >= 0.3 is 11.7 Å². The highest BCUT2D eigenvalue weighted by Crippen LogP contribution is 2.29. The number of aromatic hydroxyl groups is 1. The number of rotatable bonds is 3. The first-order valence-corrected chi connectivity index (χ1v) is 4.08. The number of aliphatic carboxylic acids is 1. The molecule has 2 N–H and O–H groups in total. The van der Waals surface area contributed by atoms with Crippen LogP contribution in [0.15, 0.2) is 12.1 Å². The third kappa shape index (κ3) is 2.24. The number of nitrogens with zero attached hydrogens (tertiary/aromatic N) is 2. The van der Waals surface area contributed by atoms with Gasteiger partial charge in [0.05, 0.1) is 23.0 Å². The topological polar surface area (TPSA) is 124 Å². The highest BCUT2D eigenvalue weighted by molar-refractivity contribution is 5.72. The predicted molar refractivity (Wildman–Crippen MR) is 50.8 cm³/mol. The maximum atomic E-state index is 10.5. The molecule has 0 spiro atoms. The number of nitriles is 1. The van der Waals surface area contributed by atoms with Gasteiger partial charge in [-0.3, -0.25) is 14.9 Å². The van der Waals surface area contributed by atoms with Gasteiger partial charge in [-0.25, -0.2) is 0 Å². The fourth-order valence-electron chi connectivity index (χ4n) is 1.18. The van der Waals surface area contributed by atoms with Crippen molar-refractivity contribution < 1.29 is 19.9 Å². The number of carboxylic acid groups (broad SMARTS) is 1. The second-order valence-corrected chi connectivity index (χ2v) is 2.94. The molecule has 1 rings (SSSR count). The Balaban J connectivity index is 3.35. The van der Waals surface area contributed by atoms with Crippen LogP contribution in [0.4, 0.5) is 5.69 Å². The molecule has 0 fully saturated rings. The molecule has 7 heteroatoms. The Kier molecular flexibility index (Phi) is 3.06. The van der Waals surface area contributed by atoms with Crippen LogP contribution in [-0.4, -0.2) is 21.1 Å². The Hall–Kier alpha value is -2.62. The van der Waals surface area contributed by atoms with E-state index < -0.39 is 28.8 Å². The van der Waals surface area contributed by atoms with Crippen molar-refractivity contribution in [2.75, 3.05) is 0 Å². The van der Waals surface area contributed by atoms with Gasteiger partial charge in [-0.1, -0.05) is 0 Å². The molecule has 0 amide bonds. The van der Waals surface area contributed by atoms with Crippen LogP contribution in [0.3, 0.4) is 0 Å². The van der Waals surface area contributed by atoms with Gasteiger partial charge in [0, 0.05) is 12.1 Å². The van der Waals surface area contributed by atoms with Gasteiger partial charge < -0.3 is 10.2 Å². The van der Waals surface area contributed by atoms with Crippen molar-refractivity contribution in [3.63, 3.8) is 0 Å². The Bertz CT molecular complexity index is 503. The van der Waals surface area contributed by atoms with Crippen LogP contribution in [0.1, 0.15) is 11.1 Å². The van der Waals surface area contributed by atoms with Crippen molar-refractivity contribution in [3.8, 4) is 11.8 Å². The minimum atomic E-state index is -1.21. The lowest BCUT2D eigenvalue weighted by Gasteiger charge is -2.02. The maximum absolute atomic E-state index is 10.5. The maximum Gasteiger partial charge on any atom is 0.311 e. The number of nitro benzene ring substituents is 1. The molecule has 0 aliphatic carbocycles. The van der Waals surface area contributed by atoms with E-state index in [2.05, 4.69) is 0 Å². The Labute approximate surface area is 89.3 Å². The van der Waals surface area contributed by atoms with E-state index in [0.29, 0.717) is 0 Å². The van der Waals surface area contributed by atoms with Crippen LogP contribution >= 0.6 is 0 Å². The quantitative estimate of drug-likeness (QED) is 0.575. The lowest BCUT2D eigenvalue weighted by Crippen LogP contribution is -2.03. The zero-order valence-electron chi connectivity index (χ0n) is 7.88. The summed E-state index contributed by atoms with van der Waals surface area (Å²) in [5.74, 6) is -1.87. The molecule has 7 nitrogen and oxygen atoms in total. The standard InChI is InChI=1S/C9H6N2O5/c10-4-6-2-8(12)7(11(15)16)1-5(6)3-9(13)14/h1-2,12H,3H2,(H,13,14). The molecule has 16 heavy (non-hydrogen) atoms. The number of phenols is 1. The van der Waals surface area contributed by atoms with Crippen molar-refractivity contribution in [2.45, 2.75) is 6.42 Å². The molecule has 0 aliphatic heterocycles. The molecule has 0 bridgehead atoms. The monoisotopic (exact) mass is 222 g/mol. The lowest BCUT2D eigenvalue weighted by atomic mass is 10.0. The summed E-state index contributed by atoms with van der Waals surface area (Å²) < 4.78 is 0. The molecular weight excluding hydrogens is 216 g/mol. The summed E-state index contributed by atoms with van der Waals surface area (Å²) in [5, 5.41) is 36.9. The number of hydrogen-bond acceptors (Lipinski definition) is 5. The molecule has 0 radical (unpaired) electrons. The van der Waals surface area contributed by atoms with Crippen molar-refractivity contribution >= 4 is 11.7 Å². The molecule has 0 aromatic heterocycles. The summed E-state index contributed by atoms with van der Waals surface area (Å²) >= 11 is 0. The second-order valence-electron chi connectivity index (χ2n) is 2.94. The second kappa shape index (κ2) is 4.27. The normalized spacial score (nSPS) is 9.44. The molecule has 0 aliphatic rings. The summed E-state index contributed by atoms with van der Waals surface area (Å²) in [7, 11) is 0. The number of benzene rings is 1. The van der Waals surface area contributed by atoms with Crippen molar-refractivity contribution in [3.05, 3.63) is 33.4 Å². The van der Waals surface area contributed by atoms with Gasteiger partial charge in [0.2, 0.25) is 0 Å². The number of phenolic OH excluding ortho intramolecular Hbond substituents is 1. The number of hydrogen-bond donors (Lipinski definition) is 2. The Morgan fingerprint density at radius 3 is 2.62 bits per heavy atom. The number of carbonyl (C=O) groups is 1. The fourth-order valence-corrected chi connectivity index (χ4v) is 1.18. The van der Waals surface area contributed by atoms with Gasteiger partial charge in [0.25, 0.3) is 0 Å². The molecule has 0 unspecified atom stereocenters. The molecule has 0 saturated carbocycles. The summed E-state index contributed by atoms with van der Waals surface area (Å²) in [6.07, 6.45) is -0.510. The van der Waals surface area contributed by atoms with Gasteiger partial charge in [-0.05, 0) is 5.56 Å².